The third-order valence-electron chi connectivity index (χ3n) is 3.68. The van der Waals surface area contributed by atoms with Crippen LogP contribution in [0.4, 0.5) is 5.82 Å². The predicted molar refractivity (Wildman–Crippen MR) is 104 cm³/mol. The summed E-state index contributed by atoms with van der Waals surface area (Å²) in [6.45, 7) is 7.88. The molecule has 0 bridgehead atoms. The number of nitrogens with zero attached hydrogens (tertiary/aromatic N) is 2. The number of nitrogens with one attached hydrogen (secondary N) is 1. The first kappa shape index (κ1) is 20.0. The maximum absolute atomic E-state index is 12.6. The highest BCUT2D eigenvalue weighted by atomic mass is 32.2. The third kappa shape index (κ3) is 4.66. The van der Waals surface area contributed by atoms with Gasteiger partial charge in [0.05, 0.1) is 13.2 Å². The summed E-state index contributed by atoms with van der Waals surface area (Å²) in [6, 6.07) is 9.78. The van der Waals surface area contributed by atoms with E-state index in [-0.39, 0.29) is 24.0 Å². The second kappa shape index (κ2) is 8.40. The van der Waals surface area contributed by atoms with Crippen LogP contribution in [0.5, 0.6) is 0 Å². The third-order valence-corrected chi connectivity index (χ3v) is 4.36. The van der Waals surface area contributed by atoms with Crippen LogP contribution in [-0.4, -0.2) is 34.3 Å². The van der Waals surface area contributed by atoms with Gasteiger partial charge in [-0.2, -0.15) is 0 Å². The number of aromatic nitrogens is 2. The number of carbonyl (C=O) groups is 2. The Morgan fingerprint density at radius 2 is 1.88 bits per heavy atom. The molecule has 26 heavy (non-hydrogen) atoms. The highest BCUT2D eigenvalue weighted by molar-refractivity contribution is 7.98. The normalized spacial score (nSPS) is 11.3. The van der Waals surface area contributed by atoms with Crippen LogP contribution in [0.1, 0.15) is 43.7 Å². The van der Waals surface area contributed by atoms with Crippen LogP contribution in [-0.2, 0) is 16.1 Å². The van der Waals surface area contributed by atoms with Crippen LogP contribution in [0.3, 0.4) is 0 Å². The van der Waals surface area contributed by atoms with Crippen molar-refractivity contribution in [3.63, 3.8) is 0 Å². The molecule has 0 saturated heterocycles. The number of benzene rings is 1. The van der Waals surface area contributed by atoms with Gasteiger partial charge in [-0.3, -0.25) is 4.79 Å². The molecule has 0 fully saturated rings. The molecule has 1 N–H and O–H groups in total. The molecule has 1 amide bonds. The van der Waals surface area contributed by atoms with Crippen molar-refractivity contribution in [3.05, 3.63) is 41.6 Å². The second-order valence-corrected chi connectivity index (χ2v) is 7.57. The van der Waals surface area contributed by atoms with E-state index in [0.29, 0.717) is 11.7 Å². The van der Waals surface area contributed by atoms with E-state index in [0.717, 1.165) is 5.56 Å². The molecule has 7 heteroatoms. The van der Waals surface area contributed by atoms with Gasteiger partial charge in [-0.15, -0.1) is 0 Å². The number of thioether (sulfide) groups is 1. The molecule has 6 nitrogen and oxygen atoms in total. The monoisotopic (exact) mass is 375 g/mol. The first-order chi connectivity index (χ1) is 12.3. The quantitative estimate of drug-likeness (QED) is 0.614. The molecular weight excluding hydrogens is 350 g/mol. The van der Waals surface area contributed by atoms with Gasteiger partial charge in [0, 0.05) is 5.41 Å². The summed E-state index contributed by atoms with van der Waals surface area (Å²) in [5, 5.41) is 3.43. The van der Waals surface area contributed by atoms with Gasteiger partial charge in [-0.05, 0) is 18.7 Å². The van der Waals surface area contributed by atoms with Gasteiger partial charge in [-0.25, -0.2) is 9.78 Å². The number of ether oxygens (including phenoxy) is 1. The molecule has 2 rings (SSSR count). The number of hydrogen-bond acceptors (Lipinski definition) is 5. The Hall–Kier alpha value is -2.28. The first-order valence-corrected chi connectivity index (χ1v) is 9.67. The van der Waals surface area contributed by atoms with Crippen molar-refractivity contribution in [2.45, 2.75) is 39.4 Å². The molecule has 0 unspecified atom stereocenters. The van der Waals surface area contributed by atoms with Crippen molar-refractivity contribution < 1.29 is 14.3 Å². The molecule has 0 aliphatic rings. The zero-order chi connectivity index (χ0) is 19.3. The lowest BCUT2D eigenvalue weighted by Gasteiger charge is -2.17. The summed E-state index contributed by atoms with van der Waals surface area (Å²) >= 11 is 1.41. The van der Waals surface area contributed by atoms with E-state index in [9.17, 15) is 9.59 Å². The number of anilines is 1. The maximum atomic E-state index is 12.6. The lowest BCUT2D eigenvalue weighted by Crippen LogP contribution is -2.29. The van der Waals surface area contributed by atoms with E-state index in [1.165, 1.54) is 11.8 Å². The zero-order valence-corrected chi connectivity index (χ0v) is 16.6. The van der Waals surface area contributed by atoms with E-state index in [2.05, 4.69) is 10.3 Å². The molecule has 140 valence electrons. The number of carbonyl (C=O) groups excluding carboxylic acids is 2. The van der Waals surface area contributed by atoms with Crippen molar-refractivity contribution in [2.75, 3.05) is 18.2 Å². The minimum atomic E-state index is -0.603. The molecule has 1 aromatic heterocycles. The first-order valence-electron chi connectivity index (χ1n) is 8.45. The highest BCUT2D eigenvalue weighted by Gasteiger charge is 2.29. The SMILES string of the molecule is CCOC(=O)c1c(NC(=O)C(C)(C)C)nc(SC)n1Cc1ccccc1. The Labute approximate surface area is 158 Å². The van der Waals surface area contributed by atoms with Gasteiger partial charge >= 0.3 is 5.97 Å². The molecular formula is C19H25N3O3S. The zero-order valence-electron chi connectivity index (χ0n) is 15.8. The van der Waals surface area contributed by atoms with Gasteiger partial charge in [0.1, 0.15) is 0 Å². The lowest BCUT2D eigenvalue weighted by atomic mass is 9.96. The molecule has 0 saturated carbocycles. The molecule has 0 aliphatic heterocycles. The van der Waals surface area contributed by atoms with Crippen LogP contribution in [0.2, 0.25) is 0 Å². The van der Waals surface area contributed by atoms with Gasteiger partial charge in [0.25, 0.3) is 0 Å². The average Bonchev–Trinajstić information content (AvgIpc) is 2.92. The predicted octanol–water partition coefficient (Wildman–Crippen LogP) is 3.81. The highest BCUT2D eigenvalue weighted by Crippen LogP contribution is 2.27. The molecule has 0 aliphatic carbocycles. The molecule has 0 radical (unpaired) electrons. The van der Waals surface area contributed by atoms with Crippen molar-refractivity contribution in [1.82, 2.24) is 9.55 Å². The second-order valence-electron chi connectivity index (χ2n) is 6.79. The molecule has 1 aromatic carbocycles. The van der Waals surface area contributed by atoms with Crippen LogP contribution in [0.25, 0.3) is 0 Å². The Morgan fingerprint density at radius 1 is 1.23 bits per heavy atom. The van der Waals surface area contributed by atoms with Gasteiger partial charge in [0.15, 0.2) is 16.7 Å². The van der Waals surface area contributed by atoms with Crippen molar-refractivity contribution >= 4 is 29.5 Å². The fourth-order valence-electron chi connectivity index (χ4n) is 2.29. The Bertz CT molecular complexity index is 779. The van der Waals surface area contributed by atoms with Gasteiger partial charge < -0.3 is 14.6 Å². The largest absolute Gasteiger partial charge is 0.461 e. The summed E-state index contributed by atoms with van der Waals surface area (Å²) in [5.41, 5.74) is 0.686. The Morgan fingerprint density at radius 3 is 2.42 bits per heavy atom. The topological polar surface area (TPSA) is 73.2 Å². The maximum Gasteiger partial charge on any atom is 0.358 e. The van der Waals surface area contributed by atoms with Crippen LogP contribution >= 0.6 is 11.8 Å². The van der Waals surface area contributed by atoms with E-state index >= 15 is 0 Å². The van der Waals surface area contributed by atoms with Gasteiger partial charge in [-0.1, -0.05) is 62.9 Å². The van der Waals surface area contributed by atoms with E-state index in [1.807, 2.05) is 57.4 Å². The van der Waals surface area contributed by atoms with E-state index in [1.54, 1.807) is 11.5 Å². The molecule has 0 atom stereocenters. The number of esters is 1. The Balaban J connectivity index is 2.50. The van der Waals surface area contributed by atoms with Crippen LogP contribution in [0, 0.1) is 5.41 Å². The number of hydrogen-bond donors (Lipinski definition) is 1. The number of imidazole rings is 1. The smallest absolute Gasteiger partial charge is 0.358 e. The summed E-state index contributed by atoms with van der Waals surface area (Å²) < 4.78 is 7.00. The minimum absolute atomic E-state index is 0.208. The minimum Gasteiger partial charge on any atom is -0.461 e. The Kier molecular flexibility index (Phi) is 6.47. The molecule has 1 heterocycles. The number of rotatable bonds is 6. The molecule has 2 aromatic rings. The van der Waals surface area contributed by atoms with E-state index in [4.69, 9.17) is 4.74 Å². The summed E-state index contributed by atoms with van der Waals surface area (Å²) in [7, 11) is 0. The standard InChI is InChI=1S/C19H25N3O3S/c1-6-25-16(23)14-15(20-17(24)19(2,3)4)21-18(26-5)22(14)12-13-10-8-7-9-11-13/h7-11H,6,12H2,1-5H3,(H,20,24). The fraction of sp³-hybridized carbons (Fsp3) is 0.421. The van der Waals surface area contributed by atoms with Crippen LogP contribution < -0.4 is 5.32 Å². The van der Waals surface area contributed by atoms with Crippen molar-refractivity contribution in [2.24, 2.45) is 5.41 Å². The van der Waals surface area contributed by atoms with E-state index < -0.39 is 11.4 Å². The fourth-order valence-corrected chi connectivity index (χ4v) is 2.85. The lowest BCUT2D eigenvalue weighted by molar-refractivity contribution is -0.123. The van der Waals surface area contributed by atoms with Crippen molar-refractivity contribution in [3.8, 4) is 0 Å². The number of amides is 1. The average molecular weight is 375 g/mol. The van der Waals surface area contributed by atoms with Crippen molar-refractivity contribution in [1.29, 1.82) is 0 Å². The van der Waals surface area contributed by atoms with Gasteiger partial charge in [0.2, 0.25) is 5.91 Å². The summed E-state index contributed by atoms with van der Waals surface area (Å²) in [6.07, 6.45) is 1.88. The summed E-state index contributed by atoms with van der Waals surface area (Å²) in [5.74, 6) is -0.468. The molecule has 0 spiro atoms. The van der Waals surface area contributed by atoms with Crippen LogP contribution in [0.15, 0.2) is 35.5 Å². The summed E-state index contributed by atoms with van der Waals surface area (Å²) in [4.78, 5) is 29.5.